The minimum atomic E-state index is -3.19. The van der Waals surface area contributed by atoms with Gasteiger partial charge in [0.1, 0.15) is 0 Å². The van der Waals surface area contributed by atoms with E-state index in [9.17, 15) is 28.3 Å². The Kier molecular flexibility index (Phi) is 6.28. The van der Waals surface area contributed by atoms with Gasteiger partial charge in [-0.2, -0.15) is 8.78 Å². The number of hydrogen-bond donors (Lipinski definition) is 3. The molecule has 23 heavy (non-hydrogen) atoms. The second-order valence-electron chi connectivity index (χ2n) is 6.61. The molecule has 0 aromatic carbocycles. The van der Waals surface area contributed by atoms with Gasteiger partial charge in [0.15, 0.2) is 0 Å². The van der Waals surface area contributed by atoms with Crippen molar-refractivity contribution in [3.63, 3.8) is 0 Å². The Labute approximate surface area is 133 Å². The number of alkyl halides is 2. The lowest BCUT2D eigenvalue weighted by molar-refractivity contribution is -0.137. The molecule has 0 saturated heterocycles. The van der Waals surface area contributed by atoms with Crippen LogP contribution in [0.4, 0.5) is 13.6 Å². The van der Waals surface area contributed by atoms with Gasteiger partial charge in [-0.3, -0.25) is 20.4 Å². The van der Waals surface area contributed by atoms with Crippen LogP contribution in [0.2, 0.25) is 0 Å². The van der Waals surface area contributed by atoms with E-state index in [0.717, 1.165) is 0 Å². The normalized spacial score (nSPS) is 21.7. The second-order valence-corrected chi connectivity index (χ2v) is 6.61. The summed E-state index contributed by atoms with van der Waals surface area (Å²) in [4.78, 5) is 35.4. The van der Waals surface area contributed by atoms with Crippen molar-refractivity contribution in [2.24, 2.45) is 5.92 Å². The van der Waals surface area contributed by atoms with Crippen molar-refractivity contribution in [2.75, 3.05) is 0 Å². The molecule has 132 valence electrons. The molecule has 0 aromatic rings. The molecule has 0 atom stereocenters. The van der Waals surface area contributed by atoms with Gasteiger partial charge in [0.25, 0.3) is 0 Å². The largest absolute Gasteiger partial charge is 0.465 e. The van der Waals surface area contributed by atoms with Crippen LogP contribution < -0.4 is 10.9 Å². The molecular weight excluding hydrogens is 312 g/mol. The van der Waals surface area contributed by atoms with E-state index >= 15 is 0 Å². The van der Waals surface area contributed by atoms with Crippen LogP contribution in [0.5, 0.6) is 0 Å². The highest BCUT2D eigenvalue weighted by atomic mass is 19.3. The first-order chi connectivity index (χ1) is 10.5. The van der Waals surface area contributed by atoms with Gasteiger partial charge in [0.05, 0.1) is 0 Å². The molecule has 3 N–H and O–H groups in total. The predicted octanol–water partition coefficient (Wildman–Crippen LogP) is 1.74. The fourth-order valence-corrected chi connectivity index (χ4v) is 2.87. The first-order valence-electron chi connectivity index (χ1n) is 7.44. The maximum atomic E-state index is 12.0. The Hall–Kier alpha value is -1.93. The van der Waals surface area contributed by atoms with Crippen LogP contribution in [0, 0.1) is 5.92 Å². The number of carbonyl (C=O) groups is 3. The van der Waals surface area contributed by atoms with Crippen LogP contribution in [0.15, 0.2) is 0 Å². The number of carbonyl (C=O) groups excluding carboxylic acids is 2. The molecule has 0 aliphatic heterocycles. The first-order valence-corrected chi connectivity index (χ1v) is 7.44. The van der Waals surface area contributed by atoms with Crippen molar-refractivity contribution in [3.8, 4) is 0 Å². The van der Waals surface area contributed by atoms with Crippen LogP contribution in [0.1, 0.15) is 46.5 Å². The fraction of sp³-hybridized carbons (Fsp3) is 0.786. The summed E-state index contributed by atoms with van der Waals surface area (Å²) in [6, 6.07) is -0.188. The Bertz CT molecular complexity index is 457. The van der Waals surface area contributed by atoms with Gasteiger partial charge in [-0.05, 0) is 46.5 Å². The number of hydrogen-bond acceptors (Lipinski definition) is 3. The van der Waals surface area contributed by atoms with Gasteiger partial charge in [0, 0.05) is 17.5 Å². The average Bonchev–Trinajstić information content (AvgIpc) is 2.43. The Morgan fingerprint density at radius 3 is 2.00 bits per heavy atom. The van der Waals surface area contributed by atoms with Crippen molar-refractivity contribution in [1.29, 1.82) is 0 Å². The number of nitrogens with zero attached hydrogens (tertiary/aromatic N) is 1. The Balaban J connectivity index is 2.53. The SMILES string of the molecule is CC(C)(C)N(C(=O)O)C1CCC(C(=O)NNC(=O)C(F)F)CC1. The molecule has 0 bridgehead atoms. The van der Waals surface area contributed by atoms with E-state index < -0.39 is 35.8 Å². The monoisotopic (exact) mass is 335 g/mol. The van der Waals surface area contributed by atoms with E-state index in [1.165, 1.54) is 4.90 Å². The van der Waals surface area contributed by atoms with Gasteiger partial charge >= 0.3 is 18.4 Å². The highest BCUT2D eigenvalue weighted by Gasteiger charge is 2.37. The number of carboxylic acid groups (broad SMARTS) is 1. The summed E-state index contributed by atoms with van der Waals surface area (Å²) < 4.78 is 24.0. The van der Waals surface area contributed by atoms with E-state index in [1.807, 2.05) is 5.43 Å². The van der Waals surface area contributed by atoms with Crippen LogP contribution in [-0.2, 0) is 9.59 Å². The van der Waals surface area contributed by atoms with Crippen molar-refractivity contribution in [3.05, 3.63) is 0 Å². The van der Waals surface area contributed by atoms with Crippen molar-refractivity contribution >= 4 is 17.9 Å². The second kappa shape index (κ2) is 7.56. The molecule has 1 fully saturated rings. The van der Waals surface area contributed by atoms with E-state index in [4.69, 9.17) is 0 Å². The third-order valence-corrected chi connectivity index (χ3v) is 3.87. The lowest BCUT2D eigenvalue weighted by Crippen LogP contribution is -2.53. The maximum Gasteiger partial charge on any atom is 0.407 e. The molecule has 3 amide bonds. The van der Waals surface area contributed by atoms with Gasteiger partial charge < -0.3 is 10.0 Å². The third-order valence-electron chi connectivity index (χ3n) is 3.87. The zero-order chi connectivity index (χ0) is 17.8. The molecule has 0 heterocycles. The zero-order valence-corrected chi connectivity index (χ0v) is 13.4. The molecule has 9 heteroatoms. The molecular formula is C14H23F2N3O4. The highest BCUT2D eigenvalue weighted by molar-refractivity contribution is 5.84. The quantitative estimate of drug-likeness (QED) is 0.684. The van der Waals surface area contributed by atoms with Crippen LogP contribution >= 0.6 is 0 Å². The van der Waals surface area contributed by atoms with Crippen molar-refractivity contribution in [2.45, 2.75) is 64.5 Å². The van der Waals surface area contributed by atoms with Crippen LogP contribution in [-0.4, -0.2) is 45.9 Å². The van der Waals surface area contributed by atoms with E-state index in [2.05, 4.69) is 0 Å². The maximum absolute atomic E-state index is 12.0. The molecule has 0 radical (unpaired) electrons. The molecule has 1 aliphatic rings. The number of halogens is 2. The van der Waals surface area contributed by atoms with Crippen molar-refractivity contribution < 1.29 is 28.3 Å². The van der Waals surface area contributed by atoms with Crippen LogP contribution in [0.25, 0.3) is 0 Å². The molecule has 7 nitrogen and oxygen atoms in total. The summed E-state index contributed by atoms with van der Waals surface area (Å²) in [7, 11) is 0. The van der Waals surface area contributed by atoms with Gasteiger partial charge in [-0.25, -0.2) is 4.79 Å². The van der Waals surface area contributed by atoms with Gasteiger partial charge in [-0.15, -0.1) is 0 Å². The minimum Gasteiger partial charge on any atom is -0.465 e. The predicted molar refractivity (Wildman–Crippen MR) is 77.7 cm³/mol. The number of hydrazine groups is 1. The summed E-state index contributed by atoms with van der Waals surface area (Å²) in [5.74, 6) is -2.52. The molecule has 1 aliphatic carbocycles. The molecule has 0 unspecified atom stereocenters. The number of nitrogens with one attached hydrogen (secondary N) is 2. The Morgan fingerprint density at radius 2 is 1.61 bits per heavy atom. The van der Waals surface area contributed by atoms with E-state index in [0.29, 0.717) is 25.7 Å². The zero-order valence-electron chi connectivity index (χ0n) is 13.4. The van der Waals surface area contributed by atoms with Gasteiger partial charge in [-0.1, -0.05) is 0 Å². The summed E-state index contributed by atoms with van der Waals surface area (Å²) in [6.45, 7) is 5.42. The molecule has 0 spiro atoms. The standard InChI is InChI=1S/C14H23F2N3O4/c1-14(2,3)19(13(22)23)9-6-4-8(5-7-9)11(20)17-18-12(21)10(15)16/h8-10H,4-7H2,1-3H3,(H,17,20)(H,18,21)(H,22,23). The van der Waals surface area contributed by atoms with Crippen LogP contribution in [0.3, 0.4) is 0 Å². The number of amides is 3. The summed E-state index contributed by atoms with van der Waals surface area (Å²) >= 11 is 0. The summed E-state index contributed by atoms with van der Waals surface area (Å²) in [5, 5.41) is 9.36. The molecule has 0 aromatic heterocycles. The minimum absolute atomic E-state index is 0.188. The topological polar surface area (TPSA) is 98.7 Å². The summed E-state index contributed by atoms with van der Waals surface area (Å²) in [6.07, 6.45) is -2.33. The fourth-order valence-electron chi connectivity index (χ4n) is 2.87. The number of rotatable bonds is 3. The van der Waals surface area contributed by atoms with Crippen molar-refractivity contribution in [1.82, 2.24) is 15.8 Å². The Morgan fingerprint density at radius 1 is 1.09 bits per heavy atom. The van der Waals surface area contributed by atoms with E-state index in [-0.39, 0.29) is 6.04 Å². The molecule has 1 saturated carbocycles. The lowest BCUT2D eigenvalue weighted by Gasteiger charge is -2.42. The highest BCUT2D eigenvalue weighted by Crippen LogP contribution is 2.31. The molecule has 1 rings (SSSR count). The third kappa shape index (κ3) is 5.33. The van der Waals surface area contributed by atoms with Gasteiger partial charge in [0.2, 0.25) is 5.91 Å². The smallest absolute Gasteiger partial charge is 0.407 e. The first kappa shape index (κ1) is 19.1. The lowest BCUT2D eigenvalue weighted by atomic mass is 9.83. The summed E-state index contributed by atoms with van der Waals surface area (Å²) in [5.41, 5.74) is 3.10. The average molecular weight is 335 g/mol. The van der Waals surface area contributed by atoms with E-state index in [1.54, 1.807) is 26.2 Å².